The van der Waals surface area contributed by atoms with Gasteiger partial charge in [-0.05, 0) is 30.3 Å². The van der Waals surface area contributed by atoms with Crippen LogP contribution in [0.4, 0.5) is 25.3 Å². The molecule has 21 heavy (non-hydrogen) atoms. The van der Waals surface area contributed by atoms with Crippen LogP contribution in [-0.2, 0) is 0 Å². The lowest BCUT2D eigenvalue weighted by Crippen LogP contribution is -1.93. The Labute approximate surface area is 128 Å². The van der Waals surface area contributed by atoms with Crippen molar-refractivity contribution < 1.29 is 8.78 Å². The fraction of sp³-hybridized carbons (Fsp3) is 0.0714. The first-order valence-corrected chi connectivity index (χ1v) is 7.78. The number of nitrogens with zero attached hydrogens (tertiary/aromatic N) is 1. The first-order chi connectivity index (χ1) is 10.1. The molecule has 0 aliphatic carbocycles. The quantitative estimate of drug-likeness (QED) is 0.527. The number of halogens is 2. The Balaban J connectivity index is 1.91. The maximum atomic E-state index is 12.6. The van der Waals surface area contributed by atoms with Gasteiger partial charge in [-0.15, -0.1) is 0 Å². The predicted octanol–water partition coefficient (Wildman–Crippen LogP) is 4.94. The summed E-state index contributed by atoms with van der Waals surface area (Å²) in [5, 5.41) is 3.75. The van der Waals surface area contributed by atoms with Crippen molar-refractivity contribution in [3.8, 4) is 0 Å². The molecule has 0 saturated heterocycles. The minimum Gasteiger partial charge on any atom is -0.399 e. The van der Waals surface area contributed by atoms with Gasteiger partial charge in [0.15, 0.2) is 5.13 Å². The number of anilines is 3. The molecule has 1 aromatic heterocycles. The SMILES string of the molecule is Nc1ccc2nc(Nc3ccccc3SC(F)F)sc2c1. The molecule has 0 radical (unpaired) electrons. The second-order valence-electron chi connectivity index (χ2n) is 4.25. The van der Waals surface area contributed by atoms with Crippen molar-refractivity contribution in [2.45, 2.75) is 10.7 Å². The second kappa shape index (κ2) is 5.87. The van der Waals surface area contributed by atoms with E-state index >= 15 is 0 Å². The van der Waals surface area contributed by atoms with Gasteiger partial charge in [-0.1, -0.05) is 35.2 Å². The zero-order chi connectivity index (χ0) is 14.8. The fourth-order valence-electron chi connectivity index (χ4n) is 1.88. The number of benzene rings is 2. The van der Waals surface area contributed by atoms with Crippen LogP contribution >= 0.6 is 23.1 Å². The molecule has 0 aliphatic rings. The maximum Gasteiger partial charge on any atom is 0.288 e. The Kier molecular flexibility index (Phi) is 3.94. The molecule has 0 unspecified atom stereocenters. The third-order valence-corrected chi connectivity index (χ3v) is 4.48. The number of hydrogen-bond acceptors (Lipinski definition) is 5. The van der Waals surface area contributed by atoms with E-state index in [0.29, 0.717) is 33.2 Å². The average molecular weight is 323 g/mol. The number of thioether (sulfide) groups is 1. The van der Waals surface area contributed by atoms with E-state index in [1.54, 1.807) is 30.3 Å². The summed E-state index contributed by atoms with van der Waals surface area (Å²) in [6.07, 6.45) is 0. The van der Waals surface area contributed by atoms with Gasteiger partial charge in [0.25, 0.3) is 5.76 Å². The molecule has 3 nitrogen and oxygen atoms in total. The van der Waals surface area contributed by atoms with Gasteiger partial charge in [0.2, 0.25) is 0 Å². The molecule has 108 valence electrons. The average Bonchev–Trinajstić information content (AvgIpc) is 2.82. The Morgan fingerprint density at radius 2 is 2.00 bits per heavy atom. The number of rotatable bonds is 4. The molecular formula is C14H11F2N3S2. The first-order valence-electron chi connectivity index (χ1n) is 6.09. The number of nitrogen functional groups attached to an aromatic ring is 1. The molecule has 3 N–H and O–H groups in total. The number of nitrogens with one attached hydrogen (secondary N) is 1. The standard InChI is InChI=1S/C14H11F2N3S2/c15-13(16)20-11-4-2-1-3-9(11)18-14-19-10-6-5-8(17)7-12(10)21-14/h1-7,13H,17H2,(H,18,19). The number of aromatic nitrogens is 1. The van der Waals surface area contributed by atoms with Crippen LogP contribution in [0.25, 0.3) is 10.2 Å². The van der Waals surface area contributed by atoms with Crippen LogP contribution in [-0.4, -0.2) is 10.7 Å². The summed E-state index contributed by atoms with van der Waals surface area (Å²) in [5.74, 6) is -2.46. The van der Waals surface area contributed by atoms with Gasteiger partial charge in [0.05, 0.1) is 15.9 Å². The molecule has 0 amide bonds. The van der Waals surface area contributed by atoms with Gasteiger partial charge in [-0.25, -0.2) is 4.98 Å². The van der Waals surface area contributed by atoms with E-state index in [-0.39, 0.29) is 0 Å². The molecule has 3 rings (SSSR count). The van der Waals surface area contributed by atoms with E-state index in [4.69, 9.17) is 5.73 Å². The Morgan fingerprint density at radius 1 is 1.19 bits per heavy atom. The minimum atomic E-state index is -2.46. The number of para-hydroxylation sites is 1. The molecule has 2 aromatic carbocycles. The molecule has 0 spiro atoms. The topological polar surface area (TPSA) is 50.9 Å². The normalized spacial score (nSPS) is 11.2. The largest absolute Gasteiger partial charge is 0.399 e. The molecule has 7 heteroatoms. The first kappa shape index (κ1) is 14.1. The molecular weight excluding hydrogens is 312 g/mol. The number of thiazole rings is 1. The number of fused-ring (bicyclic) bond motifs is 1. The van der Waals surface area contributed by atoms with Crippen LogP contribution in [0, 0.1) is 0 Å². The number of alkyl halides is 2. The molecule has 0 fully saturated rings. The van der Waals surface area contributed by atoms with Crippen molar-refractivity contribution in [3.63, 3.8) is 0 Å². The second-order valence-corrected chi connectivity index (χ2v) is 6.31. The maximum absolute atomic E-state index is 12.6. The highest BCUT2D eigenvalue weighted by molar-refractivity contribution is 7.99. The van der Waals surface area contributed by atoms with Crippen molar-refractivity contribution in [1.29, 1.82) is 0 Å². The number of hydrogen-bond donors (Lipinski definition) is 2. The molecule has 0 saturated carbocycles. The van der Waals surface area contributed by atoms with Crippen LogP contribution in [0.3, 0.4) is 0 Å². The van der Waals surface area contributed by atoms with Gasteiger partial charge in [-0.3, -0.25) is 0 Å². The zero-order valence-electron chi connectivity index (χ0n) is 10.7. The minimum absolute atomic E-state index is 0.492. The third kappa shape index (κ3) is 3.25. The Hall–Kier alpha value is -1.86. The summed E-state index contributed by atoms with van der Waals surface area (Å²) in [7, 11) is 0. The van der Waals surface area contributed by atoms with Crippen molar-refractivity contribution in [2.75, 3.05) is 11.1 Å². The predicted molar refractivity (Wildman–Crippen MR) is 85.6 cm³/mol. The van der Waals surface area contributed by atoms with Crippen molar-refractivity contribution in [1.82, 2.24) is 4.98 Å². The summed E-state index contributed by atoms with van der Waals surface area (Å²) in [6, 6.07) is 12.4. The molecule has 0 bridgehead atoms. The smallest absolute Gasteiger partial charge is 0.288 e. The molecule has 0 atom stereocenters. The van der Waals surface area contributed by atoms with Gasteiger partial charge in [-0.2, -0.15) is 8.78 Å². The van der Waals surface area contributed by atoms with E-state index < -0.39 is 5.76 Å². The monoisotopic (exact) mass is 323 g/mol. The van der Waals surface area contributed by atoms with Crippen LogP contribution in [0.15, 0.2) is 47.4 Å². The van der Waals surface area contributed by atoms with Crippen molar-refractivity contribution in [2.24, 2.45) is 0 Å². The van der Waals surface area contributed by atoms with Crippen LogP contribution < -0.4 is 11.1 Å². The van der Waals surface area contributed by atoms with Crippen LogP contribution in [0.2, 0.25) is 0 Å². The fourth-order valence-corrected chi connectivity index (χ4v) is 3.40. The van der Waals surface area contributed by atoms with Crippen molar-refractivity contribution >= 4 is 49.8 Å². The highest BCUT2D eigenvalue weighted by Crippen LogP contribution is 2.35. The van der Waals surface area contributed by atoms with Gasteiger partial charge < -0.3 is 11.1 Å². The highest BCUT2D eigenvalue weighted by atomic mass is 32.2. The summed E-state index contributed by atoms with van der Waals surface area (Å²) in [6.45, 7) is 0. The molecule has 0 aliphatic heterocycles. The lowest BCUT2D eigenvalue weighted by Gasteiger charge is -2.08. The Bertz CT molecular complexity index is 774. The van der Waals surface area contributed by atoms with Gasteiger partial charge in [0.1, 0.15) is 0 Å². The Morgan fingerprint density at radius 3 is 2.81 bits per heavy atom. The van der Waals surface area contributed by atoms with E-state index in [1.807, 2.05) is 12.1 Å². The van der Waals surface area contributed by atoms with E-state index in [2.05, 4.69) is 10.3 Å². The zero-order valence-corrected chi connectivity index (χ0v) is 12.3. The summed E-state index contributed by atoms with van der Waals surface area (Å²) in [5.41, 5.74) is 7.86. The van der Waals surface area contributed by atoms with Gasteiger partial charge in [0, 0.05) is 10.6 Å². The molecule has 1 heterocycles. The summed E-state index contributed by atoms with van der Waals surface area (Å²) in [4.78, 5) is 4.92. The lowest BCUT2D eigenvalue weighted by molar-refractivity contribution is 0.252. The summed E-state index contributed by atoms with van der Waals surface area (Å²) >= 11 is 1.95. The molecule has 3 aromatic rings. The number of nitrogens with two attached hydrogens (primary N) is 1. The third-order valence-electron chi connectivity index (χ3n) is 2.76. The van der Waals surface area contributed by atoms with Crippen molar-refractivity contribution in [3.05, 3.63) is 42.5 Å². The summed E-state index contributed by atoms with van der Waals surface area (Å²) < 4.78 is 26.1. The highest BCUT2D eigenvalue weighted by Gasteiger charge is 2.11. The van der Waals surface area contributed by atoms with E-state index in [1.165, 1.54) is 11.3 Å². The lowest BCUT2D eigenvalue weighted by atomic mass is 10.3. The van der Waals surface area contributed by atoms with E-state index in [9.17, 15) is 8.78 Å². The van der Waals surface area contributed by atoms with E-state index in [0.717, 1.165) is 10.2 Å². The van der Waals surface area contributed by atoms with Gasteiger partial charge >= 0.3 is 0 Å². The van der Waals surface area contributed by atoms with Crippen LogP contribution in [0.1, 0.15) is 0 Å². The van der Waals surface area contributed by atoms with Crippen LogP contribution in [0.5, 0.6) is 0 Å².